The first-order valence-electron chi connectivity index (χ1n) is 5.86. The molecule has 0 saturated heterocycles. The van der Waals surface area contributed by atoms with Crippen LogP contribution < -0.4 is 4.74 Å². The number of benzene rings is 1. The van der Waals surface area contributed by atoms with E-state index in [0.29, 0.717) is 17.7 Å². The van der Waals surface area contributed by atoms with Gasteiger partial charge < -0.3 is 4.74 Å². The summed E-state index contributed by atoms with van der Waals surface area (Å²) in [4.78, 5) is 16.0. The van der Waals surface area contributed by atoms with E-state index >= 15 is 0 Å². The van der Waals surface area contributed by atoms with E-state index in [9.17, 15) is 4.79 Å². The number of Topliss-reactive ketones (excluding diaryl/α,β-unsaturated/α-hetero) is 1. The molecule has 0 fully saturated rings. The van der Waals surface area contributed by atoms with E-state index in [1.807, 2.05) is 30.3 Å². The number of nitrogens with zero attached hydrogens (tertiary/aromatic N) is 1. The minimum absolute atomic E-state index is 0.0816. The summed E-state index contributed by atoms with van der Waals surface area (Å²) in [5.74, 6) is 0.619. The van der Waals surface area contributed by atoms with E-state index in [2.05, 4.69) is 4.98 Å². The predicted octanol–water partition coefficient (Wildman–Crippen LogP) is 2.91. The zero-order valence-electron chi connectivity index (χ0n) is 10.3. The monoisotopic (exact) mass is 241 g/mol. The molecule has 0 N–H and O–H groups in total. The van der Waals surface area contributed by atoms with Gasteiger partial charge in [0.15, 0.2) is 5.78 Å². The van der Waals surface area contributed by atoms with Crippen LogP contribution in [0.15, 0.2) is 48.8 Å². The van der Waals surface area contributed by atoms with Crippen molar-refractivity contribution in [2.45, 2.75) is 12.8 Å². The van der Waals surface area contributed by atoms with Gasteiger partial charge >= 0.3 is 0 Å². The van der Waals surface area contributed by atoms with Crippen LogP contribution >= 0.6 is 0 Å². The maximum atomic E-state index is 12.1. The van der Waals surface area contributed by atoms with Crippen molar-refractivity contribution < 1.29 is 9.53 Å². The normalized spacial score (nSPS) is 10.1. The highest BCUT2D eigenvalue weighted by molar-refractivity contribution is 5.98. The molecule has 1 aromatic carbocycles. The Balaban J connectivity index is 2.04. The summed E-state index contributed by atoms with van der Waals surface area (Å²) in [6.45, 7) is 0. The molecule has 0 aliphatic heterocycles. The first-order valence-corrected chi connectivity index (χ1v) is 5.86. The van der Waals surface area contributed by atoms with Crippen molar-refractivity contribution in [3.05, 3.63) is 59.9 Å². The van der Waals surface area contributed by atoms with E-state index in [1.54, 1.807) is 25.6 Å². The van der Waals surface area contributed by atoms with E-state index in [1.165, 1.54) is 5.56 Å². The van der Waals surface area contributed by atoms with Crippen LogP contribution in [0.1, 0.15) is 22.3 Å². The Labute approximate surface area is 106 Å². The lowest BCUT2D eigenvalue weighted by Gasteiger charge is -2.06. The molecule has 0 aliphatic rings. The van der Waals surface area contributed by atoms with Gasteiger partial charge in [-0.15, -0.1) is 0 Å². The number of pyridine rings is 1. The van der Waals surface area contributed by atoms with Crippen LogP contribution in [0, 0.1) is 0 Å². The summed E-state index contributed by atoms with van der Waals surface area (Å²) in [5.41, 5.74) is 1.77. The van der Waals surface area contributed by atoms with Gasteiger partial charge in [-0.3, -0.25) is 9.78 Å². The zero-order chi connectivity index (χ0) is 12.8. The van der Waals surface area contributed by atoms with Crippen LogP contribution in [0.25, 0.3) is 0 Å². The van der Waals surface area contributed by atoms with Crippen LogP contribution in [0.4, 0.5) is 0 Å². The average molecular weight is 241 g/mol. The van der Waals surface area contributed by atoms with Crippen molar-refractivity contribution in [1.29, 1.82) is 0 Å². The summed E-state index contributed by atoms with van der Waals surface area (Å²) in [6, 6.07) is 11.7. The molecule has 18 heavy (non-hydrogen) atoms. The molecule has 3 heteroatoms. The third-order valence-corrected chi connectivity index (χ3v) is 2.79. The molecule has 0 atom stereocenters. The van der Waals surface area contributed by atoms with Gasteiger partial charge in [-0.1, -0.05) is 30.3 Å². The number of aromatic nitrogens is 1. The number of ketones is 1. The number of hydrogen-bond donors (Lipinski definition) is 0. The number of carbonyl (C=O) groups excluding carboxylic acids is 1. The molecule has 0 unspecified atom stereocenters. The third-order valence-electron chi connectivity index (χ3n) is 2.79. The summed E-state index contributed by atoms with van der Waals surface area (Å²) < 4.78 is 5.14. The van der Waals surface area contributed by atoms with Gasteiger partial charge in [0, 0.05) is 12.6 Å². The molecule has 2 aromatic rings. The molecule has 0 amide bonds. The standard InChI is InChI=1S/C15H15NO2/c1-18-15-11-16-10-9-13(15)14(17)8-7-12-5-3-2-4-6-12/h2-6,9-11H,7-8H2,1H3. The van der Waals surface area contributed by atoms with Gasteiger partial charge in [0.2, 0.25) is 0 Å². The molecule has 1 aromatic heterocycles. The highest BCUT2D eigenvalue weighted by atomic mass is 16.5. The SMILES string of the molecule is COc1cnccc1C(=O)CCc1ccccc1. The average Bonchev–Trinajstić information content (AvgIpc) is 2.45. The molecule has 0 saturated carbocycles. The zero-order valence-corrected chi connectivity index (χ0v) is 10.3. The summed E-state index contributed by atoms with van der Waals surface area (Å²) in [6.07, 6.45) is 4.39. The van der Waals surface area contributed by atoms with Crippen LogP contribution in [0.2, 0.25) is 0 Å². The van der Waals surface area contributed by atoms with Crippen LogP contribution in [-0.4, -0.2) is 17.9 Å². The second kappa shape index (κ2) is 5.96. The highest BCUT2D eigenvalue weighted by Gasteiger charge is 2.11. The lowest BCUT2D eigenvalue weighted by Crippen LogP contribution is -2.04. The molecule has 0 bridgehead atoms. The van der Waals surface area contributed by atoms with Crippen molar-refractivity contribution in [2.75, 3.05) is 7.11 Å². The van der Waals surface area contributed by atoms with E-state index in [4.69, 9.17) is 4.74 Å². The first kappa shape index (κ1) is 12.3. The Kier molecular flexibility index (Phi) is 4.07. The molecule has 1 heterocycles. The Hall–Kier alpha value is -2.16. The summed E-state index contributed by atoms with van der Waals surface area (Å²) in [7, 11) is 1.55. The van der Waals surface area contributed by atoms with Crippen molar-refractivity contribution in [3.63, 3.8) is 0 Å². The number of hydrogen-bond acceptors (Lipinski definition) is 3. The van der Waals surface area contributed by atoms with Crippen molar-refractivity contribution in [2.24, 2.45) is 0 Å². The van der Waals surface area contributed by atoms with E-state index in [0.717, 1.165) is 6.42 Å². The highest BCUT2D eigenvalue weighted by Crippen LogP contribution is 2.18. The minimum atomic E-state index is 0.0816. The van der Waals surface area contributed by atoms with Crippen LogP contribution in [0.3, 0.4) is 0 Å². The quantitative estimate of drug-likeness (QED) is 0.755. The molecule has 0 aliphatic carbocycles. The Bertz CT molecular complexity index is 523. The van der Waals surface area contributed by atoms with Crippen molar-refractivity contribution in [3.8, 4) is 5.75 Å². The Morgan fingerprint density at radius 3 is 2.72 bits per heavy atom. The van der Waals surface area contributed by atoms with Gasteiger partial charge in [-0.2, -0.15) is 0 Å². The number of ether oxygens (including phenoxy) is 1. The smallest absolute Gasteiger partial charge is 0.167 e. The predicted molar refractivity (Wildman–Crippen MR) is 69.9 cm³/mol. The molecule has 92 valence electrons. The molecule has 2 rings (SSSR count). The largest absolute Gasteiger partial charge is 0.494 e. The van der Waals surface area contributed by atoms with E-state index < -0.39 is 0 Å². The van der Waals surface area contributed by atoms with Gasteiger partial charge in [-0.05, 0) is 18.1 Å². The van der Waals surface area contributed by atoms with Gasteiger partial charge in [0.05, 0.1) is 18.9 Å². The van der Waals surface area contributed by atoms with Crippen LogP contribution in [0.5, 0.6) is 5.75 Å². The molecular formula is C15H15NO2. The van der Waals surface area contributed by atoms with Crippen LogP contribution in [-0.2, 0) is 6.42 Å². The number of rotatable bonds is 5. The van der Waals surface area contributed by atoms with Crippen molar-refractivity contribution >= 4 is 5.78 Å². The van der Waals surface area contributed by atoms with Gasteiger partial charge in [-0.25, -0.2) is 0 Å². The fourth-order valence-electron chi connectivity index (χ4n) is 1.81. The minimum Gasteiger partial charge on any atom is -0.494 e. The van der Waals surface area contributed by atoms with Crippen molar-refractivity contribution in [1.82, 2.24) is 4.98 Å². The maximum Gasteiger partial charge on any atom is 0.167 e. The van der Waals surface area contributed by atoms with Gasteiger partial charge in [0.1, 0.15) is 5.75 Å². The molecule has 3 nitrogen and oxygen atoms in total. The fraction of sp³-hybridized carbons (Fsp3) is 0.200. The summed E-state index contributed by atoms with van der Waals surface area (Å²) >= 11 is 0. The third kappa shape index (κ3) is 2.94. The number of methoxy groups -OCH3 is 1. The fourth-order valence-corrected chi connectivity index (χ4v) is 1.81. The molecule has 0 spiro atoms. The molecular weight excluding hydrogens is 226 g/mol. The maximum absolute atomic E-state index is 12.1. The second-order valence-corrected chi connectivity index (χ2v) is 3.98. The number of carbonyl (C=O) groups is 1. The lowest BCUT2D eigenvalue weighted by molar-refractivity contribution is 0.0979. The van der Waals surface area contributed by atoms with E-state index in [-0.39, 0.29) is 5.78 Å². The molecule has 0 radical (unpaired) electrons. The lowest BCUT2D eigenvalue weighted by atomic mass is 10.0. The second-order valence-electron chi connectivity index (χ2n) is 3.98. The topological polar surface area (TPSA) is 39.2 Å². The Morgan fingerprint density at radius 2 is 2.00 bits per heavy atom. The Morgan fingerprint density at radius 1 is 1.22 bits per heavy atom. The van der Waals surface area contributed by atoms with Gasteiger partial charge in [0.25, 0.3) is 0 Å². The summed E-state index contributed by atoms with van der Waals surface area (Å²) in [5, 5.41) is 0. The first-order chi connectivity index (χ1) is 8.81. The number of aryl methyl sites for hydroxylation is 1.